The lowest BCUT2D eigenvalue weighted by Crippen LogP contribution is -2.46. The first-order chi connectivity index (χ1) is 12.3. The molecule has 1 amide bonds. The van der Waals surface area contributed by atoms with E-state index < -0.39 is 18.1 Å². The Hall–Kier alpha value is -2.12. The molecule has 1 aromatic rings. The molecule has 0 aliphatic rings. The zero-order valence-electron chi connectivity index (χ0n) is 14.9. The first-order valence-electron chi connectivity index (χ1n) is 8.41. The molecular formula is C18H25ClN2O5. The van der Waals surface area contributed by atoms with E-state index in [1.54, 1.807) is 24.3 Å². The Morgan fingerprint density at radius 2 is 1.92 bits per heavy atom. The van der Waals surface area contributed by atoms with Gasteiger partial charge < -0.3 is 20.0 Å². The van der Waals surface area contributed by atoms with E-state index in [1.165, 1.54) is 0 Å². The van der Waals surface area contributed by atoms with Gasteiger partial charge in [0.05, 0.1) is 6.04 Å². The second kappa shape index (κ2) is 11.5. The highest BCUT2D eigenvalue weighted by atomic mass is 35.5. The Balaban J connectivity index is 2.36. The van der Waals surface area contributed by atoms with Crippen LogP contribution < -0.4 is 15.4 Å². The molecule has 0 aliphatic heterocycles. The zero-order chi connectivity index (χ0) is 19.5. The lowest BCUT2D eigenvalue weighted by Gasteiger charge is -2.20. The van der Waals surface area contributed by atoms with Crippen LogP contribution in [0.15, 0.2) is 24.3 Å². The topological polar surface area (TPSA) is 105 Å². The number of ether oxygens (including phenoxy) is 1. The van der Waals surface area contributed by atoms with Crippen molar-refractivity contribution in [1.82, 2.24) is 10.6 Å². The molecule has 0 saturated carbocycles. The molecule has 8 heteroatoms. The Labute approximate surface area is 158 Å². The SMILES string of the molecule is CC(C)CC(C=O)NC(CCNC(=O)COc1ccc(Cl)cc1)C(=O)O. The summed E-state index contributed by atoms with van der Waals surface area (Å²) in [6.45, 7) is 3.88. The van der Waals surface area contributed by atoms with Crippen molar-refractivity contribution < 1.29 is 24.2 Å². The minimum Gasteiger partial charge on any atom is -0.484 e. The highest BCUT2D eigenvalue weighted by Gasteiger charge is 2.21. The van der Waals surface area contributed by atoms with Crippen LogP contribution in [0.1, 0.15) is 26.7 Å². The summed E-state index contributed by atoms with van der Waals surface area (Å²) in [4.78, 5) is 34.2. The number of aliphatic carboxylic acids is 1. The predicted octanol–water partition coefficient (Wildman–Crippen LogP) is 1.88. The molecule has 2 unspecified atom stereocenters. The minimum absolute atomic E-state index is 0.153. The van der Waals surface area contributed by atoms with Gasteiger partial charge in [0, 0.05) is 11.6 Å². The largest absolute Gasteiger partial charge is 0.484 e. The van der Waals surface area contributed by atoms with Crippen LogP contribution in [0, 0.1) is 5.92 Å². The number of carbonyl (C=O) groups excluding carboxylic acids is 2. The molecule has 0 spiro atoms. The first-order valence-corrected chi connectivity index (χ1v) is 8.78. The van der Waals surface area contributed by atoms with E-state index in [-0.39, 0.29) is 31.4 Å². The van der Waals surface area contributed by atoms with Crippen LogP contribution in [0.3, 0.4) is 0 Å². The summed E-state index contributed by atoms with van der Waals surface area (Å²) in [6, 6.07) is 5.15. The molecule has 3 N–H and O–H groups in total. The summed E-state index contributed by atoms with van der Waals surface area (Å²) in [5, 5.41) is 15.2. The number of nitrogens with one attached hydrogen (secondary N) is 2. The summed E-state index contributed by atoms with van der Waals surface area (Å²) in [6.07, 6.45) is 1.42. The number of benzene rings is 1. The molecule has 0 saturated heterocycles. The third-order valence-corrected chi connectivity index (χ3v) is 3.79. The predicted molar refractivity (Wildman–Crippen MR) is 98.4 cm³/mol. The second-order valence-corrected chi connectivity index (χ2v) is 6.75. The average molecular weight is 385 g/mol. The molecule has 1 aromatic carbocycles. The van der Waals surface area contributed by atoms with Crippen molar-refractivity contribution in [2.75, 3.05) is 13.2 Å². The Morgan fingerprint density at radius 3 is 2.46 bits per heavy atom. The van der Waals surface area contributed by atoms with Gasteiger partial charge in [0.15, 0.2) is 6.61 Å². The number of carboxylic acids is 1. The number of carbonyl (C=O) groups is 3. The van der Waals surface area contributed by atoms with Crippen LogP contribution >= 0.6 is 11.6 Å². The van der Waals surface area contributed by atoms with Crippen LogP contribution in [0.4, 0.5) is 0 Å². The molecular weight excluding hydrogens is 360 g/mol. The summed E-state index contributed by atoms with van der Waals surface area (Å²) in [5.41, 5.74) is 0. The number of amides is 1. The molecule has 0 bridgehead atoms. The fourth-order valence-electron chi connectivity index (χ4n) is 2.29. The van der Waals surface area contributed by atoms with Crippen LogP contribution in [0.2, 0.25) is 5.02 Å². The van der Waals surface area contributed by atoms with Gasteiger partial charge in [-0.1, -0.05) is 25.4 Å². The molecule has 0 heterocycles. The van der Waals surface area contributed by atoms with Crippen molar-refractivity contribution in [1.29, 1.82) is 0 Å². The molecule has 1 rings (SSSR count). The van der Waals surface area contributed by atoms with Crippen molar-refractivity contribution in [2.24, 2.45) is 5.92 Å². The van der Waals surface area contributed by atoms with Gasteiger partial charge in [-0.25, -0.2) is 0 Å². The maximum absolute atomic E-state index is 11.8. The Morgan fingerprint density at radius 1 is 1.27 bits per heavy atom. The molecule has 2 atom stereocenters. The van der Waals surface area contributed by atoms with Gasteiger partial charge in [0.1, 0.15) is 18.1 Å². The number of hydrogen-bond acceptors (Lipinski definition) is 5. The molecule has 0 radical (unpaired) electrons. The van der Waals surface area contributed by atoms with E-state index in [2.05, 4.69) is 10.6 Å². The van der Waals surface area contributed by atoms with Gasteiger partial charge in [-0.05, 0) is 43.0 Å². The minimum atomic E-state index is -1.06. The van der Waals surface area contributed by atoms with E-state index >= 15 is 0 Å². The highest BCUT2D eigenvalue weighted by molar-refractivity contribution is 6.30. The summed E-state index contributed by atoms with van der Waals surface area (Å²) < 4.78 is 5.30. The van der Waals surface area contributed by atoms with Crippen molar-refractivity contribution in [3.8, 4) is 5.75 Å². The Bertz CT molecular complexity index is 592. The van der Waals surface area contributed by atoms with Gasteiger partial charge in [0.25, 0.3) is 5.91 Å². The van der Waals surface area contributed by atoms with Gasteiger partial charge >= 0.3 is 5.97 Å². The van der Waals surface area contributed by atoms with Gasteiger partial charge in [-0.15, -0.1) is 0 Å². The number of carboxylic acid groups (broad SMARTS) is 1. The van der Waals surface area contributed by atoms with E-state index in [1.807, 2.05) is 13.8 Å². The van der Waals surface area contributed by atoms with Crippen molar-refractivity contribution in [3.05, 3.63) is 29.3 Å². The van der Waals surface area contributed by atoms with Gasteiger partial charge in [-0.2, -0.15) is 0 Å². The molecule has 26 heavy (non-hydrogen) atoms. The standard InChI is InChI=1S/C18H25ClN2O5/c1-12(2)9-14(10-22)21-16(18(24)25)7-8-20-17(23)11-26-15-5-3-13(19)4-6-15/h3-6,10,12,14,16,21H,7-9,11H2,1-2H3,(H,20,23)(H,24,25). The van der Waals surface area contributed by atoms with Gasteiger partial charge in [0.2, 0.25) is 0 Å². The number of rotatable bonds is 12. The molecule has 0 aromatic heterocycles. The van der Waals surface area contributed by atoms with Crippen LogP contribution in [-0.2, 0) is 14.4 Å². The van der Waals surface area contributed by atoms with Crippen LogP contribution in [0.5, 0.6) is 5.75 Å². The monoisotopic (exact) mass is 384 g/mol. The smallest absolute Gasteiger partial charge is 0.320 e. The zero-order valence-corrected chi connectivity index (χ0v) is 15.7. The summed E-state index contributed by atoms with van der Waals surface area (Å²) >= 11 is 5.76. The van der Waals surface area contributed by atoms with Crippen molar-refractivity contribution in [2.45, 2.75) is 38.8 Å². The maximum atomic E-state index is 11.8. The highest BCUT2D eigenvalue weighted by Crippen LogP contribution is 2.15. The molecule has 0 aliphatic carbocycles. The quantitative estimate of drug-likeness (QED) is 0.475. The average Bonchev–Trinajstić information content (AvgIpc) is 2.59. The number of halogens is 1. The van der Waals surface area contributed by atoms with E-state index in [9.17, 15) is 19.5 Å². The third-order valence-electron chi connectivity index (χ3n) is 3.54. The molecule has 7 nitrogen and oxygen atoms in total. The first kappa shape index (κ1) is 21.9. The Kier molecular flexibility index (Phi) is 9.69. The second-order valence-electron chi connectivity index (χ2n) is 6.31. The molecule has 144 valence electrons. The fourth-order valence-corrected chi connectivity index (χ4v) is 2.42. The van der Waals surface area contributed by atoms with Crippen LogP contribution in [-0.4, -0.2) is 48.5 Å². The summed E-state index contributed by atoms with van der Waals surface area (Å²) in [7, 11) is 0. The fraction of sp³-hybridized carbons (Fsp3) is 0.500. The normalized spacial score (nSPS) is 13.1. The number of aldehydes is 1. The lowest BCUT2D eigenvalue weighted by molar-refractivity contribution is -0.140. The van der Waals surface area contributed by atoms with E-state index in [4.69, 9.17) is 16.3 Å². The van der Waals surface area contributed by atoms with E-state index in [0.29, 0.717) is 23.5 Å². The van der Waals surface area contributed by atoms with Gasteiger partial charge in [-0.3, -0.25) is 14.9 Å². The van der Waals surface area contributed by atoms with Crippen molar-refractivity contribution >= 4 is 29.8 Å². The third kappa shape index (κ3) is 8.82. The summed E-state index contributed by atoms with van der Waals surface area (Å²) in [5.74, 6) is -0.653. The van der Waals surface area contributed by atoms with E-state index in [0.717, 1.165) is 0 Å². The van der Waals surface area contributed by atoms with Crippen molar-refractivity contribution in [3.63, 3.8) is 0 Å². The molecule has 0 fully saturated rings. The number of hydrogen-bond donors (Lipinski definition) is 3. The lowest BCUT2D eigenvalue weighted by atomic mass is 10.0. The van der Waals surface area contributed by atoms with Crippen LogP contribution in [0.25, 0.3) is 0 Å². The maximum Gasteiger partial charge on any atom is 0.320 e.